The Balaban J connectivity index is 1.78. The highest BCUT2D eigenvalue weighted by atomic mass is 16.4. The molecular formula is C28H26N4O3. The van der Waals surface area contributed by atoms with Crippen molar-refractivity contribution in [2.75, 3.05) is 5.32 Å². The number of carboxylic acid groups (broad SMARTS) is 1. The van der Waals surface area contributed by atoms with Gasteiger partial charge in [0.1, 0.15) is 5.69 Å². The second-order valence-corrected chi connectivity index (χ2v) is 8.12. The number of aromatic nitrogens is 1. The zero-order chi connectivity index (χ0) is 24.8. The van der Waals surface area contributed by atoms with Gasteiger partial charge in [0, 0.05) is 24.3 Å². The summed E-state index contributed by atoms with van der Waals surface area (Å²) in [5.74, 6) is -1.41. The number of nitrogens with two attached hydrogens (primary N) is 2. The van der Waals surface area contributed by atoms with Crippen molar-refractivity contribution in [3.8, 4) is 22.4 Å². The van der Waals surface area contributed by atoms with Crippen LogP contribution < -0.4 is 16.8 Å². The lowest BCUT2D eigenvalue weighted by Gasteiger charge is -2.13. The van der Waals surface area contributed by atoms with Crippen LogP contribution in [0.2, 0.25) is 0 Å². The SMILES string of the molecule is NCc1cccc(-c2cc(C(=O)Nc3ccccc3CC(=O)O)nc(-c3cccc(CN)c3)c2)c1. The highest BCUT2D eigenvalue weighted by molar-refractivity contribution is 6.04. The number of amides is 1. The highest BCUT2D eigenvalue weighted by Crippen LogP contribution is 2.28. The summed E-state index contributed by atoms with van der Waals surface area (Å²) in [7, 11) is 0. The molecule has 0 radical (unpaired) electrons. The number of para-hydroxylation sites is 1. The molecule has 0 fully saturated rings. The number of carbonyl (C=O) groups excluding carboxylic acids is 1. The van der Waals surface area contributed by atoms with Crippen LogP contribution in [0.5, 0.6) is 0 Å². The number of carboxylic acids is 1. The Hall–Kier alpha value is -4.33. The summed E-state index contributed by atoms with van der Waals surface area (Å²) in [6, 6.07) is 26.0. The van der Waals surface area contributed by atoms with Crippen molar-refractivity contribution < 1.29 is 14.7 Å². The Morgan fingerprint density at radius 1 is 0.771 bits per heavy atom. The molecule has 0 bridgehead atoms. The van der Waals surface area contributed by atoms with Gasteiger partial charge in [-0.2, -0.15) is 0 Å². The van der Waals surface area contributed by atoms with E-state index in [0.717, 1.165) is 27.8 Å². The van der Waals surface area contributed by atoms with Crippen molar-refractivity contribution >= 4 is 17.6 Å². The molecule has 0 atom stereocenters. The highest BCUT2D eigenvalue weighted by Gasteiger charge is 2.16. The van der Waals surface area contributed by atoms with Gasteiger partial charge >= 0.3 is 5.97 Å². The lowest BCUT2D eigenvalue weighted by Crippen LogP contribution is -2.16. The predicted molar refractivity (Wildman–Crippen MR) is 137 cm³/mol. The molecule has 0 aliphatic rings. The summed E-state index contributed by atoms with van der Waals surface area (Å²) in [6.07, 6.45) is -0.201. The van der Waals surface area contributed by atoms with E-state index in [2.05, 4.69) is 10.3 Å². The van der Waals surface area contributed by atoms with Crippen LogP contribution in [0.3, 0.4) is 0 Å². The fourth-order valence-electron chi connectivity index (χ4n) is 3.84. The largest absolute Gasteiger partial charge is 0.481 e. The van der Waals surface area contributed by atoms with Gasteiger partial charge < -0.3 is 21.9 Å². The van der Waals surface area contributed by atoms with Crippen LogP contribution in [0.25, 0.3) is 22.4 Å². The third-order valence-corrected chi connectivity index (χ3v) is 5.62. The van der Waals surface area contributed by atoms with Gasteiger partial charge in [0.15, 0.2) is 0 Å². The fourth-order valence-corrected chi connectivity index (χ4v) is 3.84. The van der Waals surface area contributed by atoms with E-state index in [4.69, 9.17) is 11.5 Å². The number of hydrogen-bond donors (Lipinski definition) is 4. The molecule has 176 valence electrons. The number of rotatable bonds is 8. The van der Waals surface area contributed by atoms with Crippen LogP contribution in [0.15, 0.2) is 84.9 Å². The molecule has 35 heavy (non-hydrogen) atoms. The van der Waals surface area contributed by atoms with Gasteiger partial charge in [-0.15, -0.1) is 0 Å². The minimum absolute atomic E-state index is 0.201. The normalized spacial score (nSPS) is 10.7. The molecule has 4 rings (SSSR count). The molecule has 4 aromatic rings. The van der Waals surface area contributed by atoms with Crippen LogP contribution in [0, 0.1) is 0 Å². The smallest absolute Gasteiger partial charge is 0.307 e. The van der Waals surface area contributed by atoms with Crippen molar-refractivity contribution in [2.24, 2.45) is 11.5 Å². The number of carbonyl (C=O) groups is 2. The zero-order valence-corrected chi connectivity index (χ0v) is 19.1. The number of pyridine rings is 1. The maximum absolute atomic E-state index is 13.3. The van der Waals surface area contributed by atoms with Crippen molar-refractivity contribution in [3.63, 3.8) is 0 Å². The number of anilines is 1. The molecule has 1 heterocycles. The van der Waals surface area contributed by atoms with Crippen LogP contribution in [-0.4, -0.2) is 22.0 Å². The van der Waals surface area contributed by atoms with Crippen molar-refractivity contribution in [2.45, 2.75) is 19.5 Å². The summed E-state index contributed by atoms with van der Waals surface area (Å²) in [5, 5.41) is 12.0. The third kappa shape index (κ3) is 5.78. The van der Waals surface area contributed by atoms with Crippen LogP contribution in [0.1, 0.15) is 27.2 Å². The Morgan fingerprint density at radius 3 is 2.11 bits per heavy atom. The molecule has 0 spiro atoms. The summed E-state index contributed by atoms with van der Waals surface area (Å²) in [6.45, 7) is 0.789. The summed E-state index contributed by atoms with van der Waals surface area (Å²) < 4.78 is 0. The summed E-state index contributed by atoms with van der Waals surface area (Å²) >= 11 is 0. The minimum Gasteiger partial charge on any atom is -0.481 e. The molecule has 1 amide bonds. The first-order valence-corrected chi connectivity index (χ1v) is 11.2. The molecule has 0 saturated heterocycles. The number of hydrogen-bond acceptors (Lipinski definition) is 5. The van der Waals surface area contributed by atoms with Crippen LogP contribution in [0.4, 0.5) is 5.69 Å². The van der Waals surface area contributed by atoms with Gasteiger partial charge in [-0.05, 0) is 58.1 Å². The van der Waals surface area contributed by atoms with Gasteiger partial charge in [0.2, 0.25) is 0 Å². The predicted octanol–water partition coefficient (Wildman–Crippen LogP) is 4.21. The molecule has 7 heteroatoms. The van der Waals surface area contributed by atoms with Crippen molar-refractivity contribution in [1.82, 2.24) is 4.98 Å². The molecule has 0 unspecified atom stereocenters. The third-order valence-electron chi connectivity index (χ3n) is 5.62. The van der Waals surface area contributed by atoms with Gasteiger partial charge in [0.05, 0.1) is 12.1 Å². The van der Waals surface area contributed by atoms with Crippen molar-refractivity contribution in [3.05, 3.63) is 107 Å². The van der Waals surface area contributed by atoms with Gasteiger partial charge in [-0.3, -0.25) is 9.59 Å². The minimum atomic E-state index is -0.978. The Morgan fingerprint density at radius 2 is 1.43 bits per heavy atom. The molecule has 0 aliphatic carbocycles. The first-order chi connectivity index (χ1) is 17.0. The van der Waals surface area contributed by atoms with E-state index >= 15 is 0 Å². The lowest BCUT2D eigenvalue weighted by atomic mass is 9.99. The average molecular weight is 467 g/mol. The van der Waals surface area contributed by atoms with E-state index in [0.29, 0.717) is 30.0 Å². The zero-order valence-electron chi connectivity index (χ0n) is 19.1. The maximum Gasteiger partial charge on any atom is 0.307 e. The fraction of sp³-hybridized carbons (Fsp3) is 0.107. The number of benzene rings is 3. The quantitative estimate of drug-likeness (QED) is 0.308. The first kappa shape index (κ1) is 23.8. The second-order valence-electron chi connectivity index (χ2n) is 8.12. The van der Waals surface area contributed by atoms with Gasteiger partial charge in [0.25, 0.3) is 5.91 Å². The van der Waals surface area contributed by atoms with Gasteiger partial charge in [-0.25, -0.2) is 4.98 Å². The standard InChI is InChI=1S/C28H26N4O3/c29-16-18-5-3-8-20(11-18)23-13-25(21-9-4-6-19(12-21)17-30)31-26(14-23)28(35)32-24-10-2-1-7-22(24)15-27(33)34/h1-14H,15-17,29-30H2,(H,32,35)(H,33,34). The van der Waals surface area contributed by atoms with E-state index in [1.165, 1.54) is 0 Å². The van der Waals surface area contributed by atoms with E-state index in [9.17, 15) is 14.7 Å². The molecule has 0 saturated carbocycles. The molecular weight excluding hydrogens is 440 g/mol. The van der Waals surface area contributed by atoms with Crippen LogP contribution in [-0.2, 0) is 24.3 Å². The second kappa shape index (κ2) is 10.7. The Labute approximate surface area is 203 Å². The molecule has 1 aromatic heterocycles. The Kier molecular flexibility index (Phi) is 7.30. The molecule has 6 N–H and O–H groups in total. The maximum atomic E-state index is 13.3. The topological polar surface area (TPSA) is 131 Å². The van der Waals surface area contributed by atoms with Gasteiger partial charge in [-0.1, -0.05) is 54.6 Å². The molecule has 7 nitrogen and oxygen atoms in total. The summed E-state index contributed by atoms with van der Waals surface area (Å²) in [4.78, 5) is 29.2. The molecule has 0 aliphatic heterocycles. The lowest BCUT2D eigenvalue weighted by molar-refractivity contribution is -0.136. The van der Waals surface area contributed by atoms with E-state index < -0.39 is 11.9 Å². The van der Waals surface area contributed by atoms with Crippen LogP contribution >= 0.6 is 0 Å². The van der Waals surface area contributed by atoms with E-state index in [-0.39, 0.29) is 12.1 Å². The summed E-state index contributed by atoms with van der Waals surface area (Å²) in [5.41, 5.74) is 17.9. The van der Waals surface area contributed by atoms with E-state index in [1.807, 2.05) is 54.6 Å². The number of nitrogens with zero attached hydrogens (tertiary/aromatic N) is 1. The number of aliphatic carboxylic acids is 1. The van der Waals surface area contributed by atoms with E-state index in [1.54, 1.807) is 30.3 Å². The van der Waals surface area contributed by atoms with Crippen molar-refractivity contribution in [1.29, 1.82) is 0 Å². The number of nitrogens with one attached hydrogen (secondary N) is 1. The monoisotopic (exact) mass is 466 g/mol. The first-order valence-electron chi connectivity index (χ1n) is 11.2. The Bertz CT molecular complexity index is 1320. The molecule has 3 aromatic carbocycles. The average Bonchev–Trinajstić information content (AvgIpc) is 2.89.